The lowest BCUT2D eigenvalue weighted by atomic mass is 9.90. The van der Waals surface area contributed by atoms with E-state index in [0.29, 0.717) is 5.92 Å². The number of benzene rings is 1. The van der Waals surface area contributed by atoms with E-state index < -0.39 is 0 Å². The summed E-state index contributed by atoms with van der Waals surface area (Å²) in [6.45, 7) is 10.9. The Morgan fingerprint density at radius 2 is 1.64 bits per heavy atom. The van der Waals surface area contributed by atoms with Gasteiger partial charge in [-0.05, 0) is 55.0 Å². The second kappa shape index (κ2) is 4.04. The highest BCUT2D eigenvalue weighted by Gasteiger charge is 2.13. The van der Waals surface area contributed by atoms with Gasteiger partial charge in [-0.3, -0.25) is 0 Å². The van der Waals surface area contributed by atoms with Crippen LogP contribution in [0.3, 0.4) is 0 Å². The van der Waals surface area contributed by atoms with Crippen molar-refractivity contribution in [3.05, 3.63) is 28.3 Å². The molecular weight excluding hydrogens is 172 g/mol. The standard InChI is InChI=1S/C13H20O/c1-8(2)13-10(4)9(3)7-12(14-6)11(13)5/h7-8H,1-6H3. The Balaban J connectivity index is 3.45. The van der Waals surface area contributed by atoms with Crippen LogP contribution in [0.2, 0.25) is 0 Å². The van der Waals surface area contributed by atoms with E-state index in [1.165, 1.54) is 22.3 Å². The van der Waals surface area contributed by atoms with Gasteiger partial charge in [0.15, 0.2) is 0 Å². The Kier molecular flexibility index (Phi) is 3.20. The lowest BCUT2D eigenvalue weighted by Crippen LogP contribution is -2.01. The molecule has 0 aliphatic rings. The second-order valence-electron chi connectivity index (χ2n) is 4.21. The van der Waals surface area contributed by atoms with Gasteiger partial charge in [0, 0.05) is 0 Å². The maximum absolute atomic E-state index is 5.37. The molecule has 0 atom stereocenters. The van der Waals surface area contributed by atoms with Gasteiger partial charge in [-0.2, -0.15) is 0 Å². The average molecular weight is 192 g/mol. The molecule has 0 fully saturated rings. The fourth-order valence-corrected chi connectivity index (χ4v) is 2.12. The summed E-state index contributed by atoms with van der Waals surface area (Å²) in [5, 5.41) is 0. The molecule has 0 heterocycles. The zero-order valence-electron chi connectivity index (χ0n) is 10.1. The van der Waals surface area contributed by atoms with Crippen molar-refractivity contribution in [3.63, 3.8) is 0 Å². The maximum Gasteiger partial charge on any atom is 0.122 e. The highest BCUT2D eigenvalue weighted by molar-refractivity contribution is 5.49. The quantitative estimate of drug-likeness (QED) is 0.693. The molecule has 0 spiro atoms. The summed E-state index contributed by atoms with van der Waals surface area (Å²) in [5.74, 6) is 1.57. The monoisotopic (exact) mass is 192 g/mol. The molecule has 1 aromatic carbocycles. The van der Waals surface area contributed by atoms with Crippen LogP contribution in [-0.2, 0) is 0 Å². The number of hydrogen-bond acceptors (Lipinski definition) is 1. The minimum atomic E-state index is 0.559. The Hall–Kier alpha value is -0.980. The van der Waals surface area contributed by atoms with Gasteiger partial charge < -0.3 is 4.74 Å². The third-order valence-electron chi connectivity index (χ3n) is 2.91. The minimum absolute atomic E-state index is 0.559. The molecule has 0 aliphatic carbocycles. The zero-order valence-corrected chi connectivity index (χ0v) is 10.1. The number of ether oxygens (including phenoxy) is 1. The van der Waals surface area contributed by atoms with E-state index in [2.05, 4.69) is 40.7 Å². The Labute approximate surface area is 87.1 Å². The molecule has 0 aliphatic heterocycles. The fraction of sp³-hybridized carbons (Fsp3) is 0.538. The van der Waals surface area contributed by atoms with Gasteiger partial charge >= 0.3 is 0 Å². The molecule has 1 rings (SSSR count). The minimum Gasteiger partial charge on any atom is -0.496 e. The first kappa shape index (κ1) is 11.1. The molecule has 0 saturated heterocycles. The Bertz CT molecular complexity index is 338. The molecule has 0 N–H and O–H groups in total. The predicted molar refractivity (Wildman–Crippen MR) is 61.3 cm³/mol. The first-order valence-electron chi connectivity index (χ1n) is 5.13. The van der Waals surface area contributed by atoms with Crippen LogP contribution in [-0.4, -0.2) is 7.11 Å². The van der Waals surface area contributed by atoms with Crippen molar-refractivity contribution in [2.75, 3.05) is 7.11 Å². The Morgan fingerprint density at radius 3 is 2.07 bits per heavy atom. The van der Waals surface area contributed by atoms with Gasteiger partial charge in [0.25, 0.3) is 0 Å². The van der Waals surface area contributed by atoms with Crippen LogP contribution in [0, 0.1) is 20.8 Å². The Morgan fingerprint density at radius 1 is 1.07 bits per heavy atom. The summed E-state index contributed by atoms with van der Waals surface area (Å²) >= 11 is 0. The fourth-order valence-electron chi connectivity index (χ4n) is 2.12. The third kappa shape index (κ3) is 1.77. The van der Waals surface area contributed by atoms with Crippen molar-refractivity contribution in [2.45, 2.75) is 40.5 Å². The summed E-state index contributed by atoms with van der Waals surface area (Å²) < 4.78 is 5.37. The first-order valence-corrected chi connectivity index (χ1v) is 5.13. The first-order chi connectivity index (χ1) is 6.49. The van der Waals surface area contributed by atoms with Crippen LogP contribution in [0.5, 0.6) is 5.75 Å². The summed E-state index contributed by atoms with van der Waals surface area (Å²) in [4.78, 5) is 0. The molecule has 0 aromatic heterocycles. The zero-order chi connectivity index (χ0) is 10.9. The number of hydrogen-bond donors (Lipinski definition) is 0. The summed E-state index contributed by atoms with van der Waals surface area (Å²) in [7, 11) is 1.74. The molecule has 1 heteroatoms. The van der Waals surface area contributed by atoms with Crippen LogP contribution >= 0.6 is 0 Å². The smallest absolute Gasteiger partial charge is 0.122 e. The van der Waals surface area contributed by atoms with Crippen molar-refractivity contribution in [3.8, 4) is 5.75 Å². The topological polar surface area (TPSA) is 9.23 Å². The SMILES string of the molecule is COc1cc(C)c(C)c(C(C)C)c1C. The van der Waals surface area contributed by atoms with Crippen LogP contribution in [0.15, 0.2) is 6.07 Å². The van der Waals surface area contributed by atoms with Crippen molar-refractivity contribution >= 4 is 0 Å². The predicted octanol–water partition coefficient (Wildman–Crippen LogP) is 3.74. The number of rotatable bonds is 2. The normalized spacial score (nSPS) is 10.8. The summed E-state index contributed by atoms with van der Waals surface area (Å²) in [5.41, 5.74) is 5.43. The van der Waals surface area contributed by atoms with Crippen molar-refractivity contribution in [1.82, 2.24) is 0 Å². The van der Waals surface area contributed by atoms with E-state index in [-0.39, 0.29) is 0 Å². The molecule has 0 saturated carbocycles. The van der Waals surface area contributed by atoms with Crippen molar-refractivity contribution in [1.29, 1.82) is 0 Å². The lowest BCUT2D eigenvalue weighted by Gasteiger charge is -2.18. The van der Waals surface area contributed by atoms with E-state index in [0.717, 1.165) is 5.75 Å². The maximum atomic E-state index is 5.37. The van der Waals surface area contributed by atoms with E-state index in [9.17, 15) is 0 Å². The highest BCUT2D eigenvalue weighted by atomic mass is 16.5. The lowest BCUT2D eigenvalue weighted by molar-refractivity contribution is 0.410. The highest BCUT2D eigenvalue weighted by Crippen LogP contribution is 2.32. The van der Waals surface area contributed by atoms with E-state index in [1.807, 2.05) is 0 Å². The molecule has 0 unspecified atom stereocenters. The molecule has 0 radical (unpaired) electrons. The van der Waals surface area contributed by atoms with Crippen molar-refractivity contribution < 1.29 is 4.74 Å². The molecule has 1 nitrogen and oxygen atoms in total. The van der Waals surface area contributed by atoms with Crippen molar-refractivity contribution in [2.24, 2.45) is 0 Å². The van der Waals surface area contributed by atoms with Crippen LogP contribution < -0.4 is 4.74 Å². The van der Waals surface area contributed by atoms with Gasteiger partial charge in [0.1, 0.15) is 5.75 Å². The van der Waals surface area contributed by atoms with Crippen LogP contribution in [0.25, 0.3) is 0 Å². The van der Waals surface area contributed by atoms with E-state index in [1.54, 1.807) is 7.11 Å². The van der Waals surface area contributed by atoms with Gasteiger partial charge in [-0.1, -0.05) is 13.8 Å². The van der Waals surface area contributed by atoms with Gasteiger partial charge in [-0.15, -0.1) is 0 Å². The summed E-state index contributed by atoms with van der Waals surface area (Å²) in [6.07, 6.45) is 0. The van der Waals surface area contributed by atoms with Gasteiger partial charge in [-0.25, -0.2) is 0 Å². The van der Waals surface area contributed by atoms with Gasteiger partial charge in [0.2, 0.25) is 0 Å². The van der Waals surface area contributed by atoms with Crippen LogP contribution in [0.1, 0.15) is 42.0 Å². The third-order valence-corrected chi connectivity index (χ3v) is 2.91. The number of methoxy groups -OCH3 is 1. The summed E-state index contributed by atoms with van der Waals surface area (Å²) in [6, 6.07) is 2.12. The molecule has 14 heavy (non-hydrogen) atoms. The van der Waals surface area contributed by atoms with Crippen LogP contribution in [0.4, 0.5) is 0 Å². The molecule has 78 valence electrons. The molecule has 0 bridgehead atoms. The number of aryl methyl sites for hydroxylation is 1. The molecule has 0 amide bonds. The molecular formula is C13H20O. The second-order valence-corrected chi connectivity index (χ2v) is 4.21. The average Bonchev–Trinajstić information content (AvgIpc) is 2.11. The largest absolute Gasteiger partial charge is 0.496 e. The van der Waals surface area contributed by atoms with Gasteiger partial charge in [0.05, 0.1) is 7.11 Å². The van der Waals surface area contributed by atoms with E-state index in [4.69, 9.17) is 4.74 Å². The van der Waals surface area contributed by atoms with E-state index >= 15 is 0 Å². The molecule has 1 aromatic rings.